The van der Waals surface area contributed by atoms with E-state index in [0.717, 1.165) is 37.1 Å². The second kappa shape index (κ2) is 14.5. The van der Waals surface area contributed by atoms with Crippen molar-refractivity contribution in [3.8, 4) is 0 Å². The summed E-state index contributed by atoms with van der Waals surface area (Å²) >= 11 is 7.83. The highest BCUT2D eigenvalue weighted by Crippen LogP contribution is 2.32. The smallest absolute Gasteiger partial charge is 0.307 e. The van der Waals surface area contributed by atoms with Crippen LogP contribution in [-0.4, -0.2) is 44.0 Å². The van der Waals surface area contributed by atoms with E-state index in [1.165, 1.54) is 0 Å². The molecule has 0 aliphatic rings. The molecule has 0 radical (unpaired) electrons. The first-order valence-corrected chi connectivity index (χ1v) is 15.9. The largest absolute Gasteiger partial charge is 0.481 e. The number of aromatic nitrogens is 1. The molecule has 230 valence electrons. The fourth-order valence-electron chi connectivity index (χ4n) is 5.59. The summed E-state index contributed by atoms with van der Waals surface area (Å²) in [7, 11) is 0. The van der Waals surface area contributed by atoms with Gasteiger partial charge in [0.15, 0.2) is 0 Å². The molecule has 0 saturated heterocycles. The standard InChI is InChI=1S/C36H33ClN2O5S/c1-23(30(26-15-17-29(37)18-16-26)9-6-12-33-38-31-10-4-5-11-32(31)45-33)39(34(40)20-28(36(43)44)21-35(41)42)22-24-13-14-25-7-2-3-8-27(25)19-24/h2-8,10-19,23,28,30H,9,20-22H2,1H3,(H,41,42)(H,43,44). The monoisotopic (exact) mass is 640 g/mol. The Balaban J connectivity index is 1.48. The molecule has 0 saturated carbocycles. The van der Waals surface area contributed by atoms with Crippen molar-refractivity contribution < 1.29 is 24.6 Å². The summed E-state index contributed by atoms with van der Waals surface area (Å²) in [6, 6.07) is 29.0. The van der Waals surface area contributed by atoms with Gasteiger partial charge in [0.1, 0.15) is 5.01 Å². The van der Waals surface area contributed by atoms with Gasteiger partial charge in [0.25, 0.3) is 0 Å². The molecule has 1 amide bonds. The average molecular weight is 641 g/mol. The van der Waals surface area contributed by atoms with Crippen molar-refractivity contribution >= 4 is 67.8 Å². The number of carbonyl (C=O) groups is 3. The maximum absolute atomic E-state index is 14.0. The molecule has 3 atom stereocenters. The number of benzene rings is 4. The van der Waals surface area contributed by atoms with Crippen molar-refractivity contribution in [3.63, 3.8) is 0 Å². The Hall–Kier alpha value is -4.53. The van der Waals surface area contributed by atoms with Crippen LogP contribution >= 0.6 is 22.9 Å². The Morgan fingerprint density at radius 1 is 0.911 bits per heavy atom. The van der Waals surface area contributed by atoms with Crippen LogP contribution in [0.25, 0.3) is 27.1 Å². The number of hydrogen-bond acceptors (Lipinski definition) is 5. The first kappa shape index (κ1) is 31.9. The van der Waals surface area contributed by atoms with Crippen LogP contribution < -0.4 is 0 Å². The number of carboxylic acid groups (broad SMARTS) is 2. The van der Waals surface area contributed by atoms with Crippen LogP contribution in [0, 0.1) is 5.92 Å². The van der Waals surface area contributed by atoms with Gasteiger partial charge < -0.3 is 15.1 Å². The highest BCUT2D eigenvalue weighted by atomic mass is 35.5. The van der Waals surface area contributed by atoms with Crippen LogP contribution in [0.2, 0.25) is 5.02 Å². The number of rotatable bonds is 13. The number of aliphatic carboxylic acids is 2. The first-order valence-electron chi connectivity index (χ1n) is 14.7. The van der Waals surface area contributed by atoms with Gasteiger partial charge in [-0.3, -0.25) is 14.4 Å². The summed E-state index contributed by atoms with van der Waals surface area (Å²) < 4.78 is 1.10. The third-order valence-electron chi connectivity index (χ3n) is 8.01. The fraction of sp³-hybridized carbons (Fsp3) is 0.222. The van der Waals surface area contributed by atoms with E-state index in [0.29, 0.717) is 11.4 Å². The van der Waals surface area contributed by atoms with E-state index in [1.54, 1.807) is 16.2 Å². The molecule has 5 rings (SSSR count). The molecule has 4 aromatic carbocycles. The average Bonchev–Trinajstić information content (AvgIpc) is 3.44. The number of carbonyl (C=O) groups excluding carboxylic acids is 1. The minimum Gasteiger partial charge on any atom is -0.481 e. The summed E-state index contributed by atoms with van der Waals surface area (Å²) in [6.45, 7) is 2.19. The predicted molar refractivity (Wildman–Crippen MR) is 179 cm³/mol. The number of allylic oxidation sites excluding steroid dienone is 1. The van der Waals surface area contributed by atoms with Crippen LogP contribution in [0.3, 0.4) is 0 Å². The summed E-state index contributed by atoms with van der Waals surface area (Å²) in [6.07, 6.45) is 3.55. The van der Waals surface area contributed by atoms with E-state index < -0.39 is 36.6 Å². The molecule has 0 fully saturated rings. The molecule has 0 aliphatic carbocycles. The van der Waals surface area contributed by atoms with Crippen LogP contribution in [-0.2, 0) is 20.9 Å². The van der Waals surface area contributed by atoms with E-state index >= 15 is 0 Å². The quantitative estimate of drug-likeness (QED) is 0.134. The van der Waals surface area contributed by atoms with Crippen molar-refractivity contribution in [1.82, 2.24) is 9.88 Å². The van der Waals surface area contributed by atoms with E-state index in [4.69, 9.17) is 16.6 Å². The minimum atomic E-state index is -1.34. The van der Waals surface area contributed by atoms with Gasteiger partial charge in [0.2, 0.25) is 5.91 Å². The van der Waals surface area contributed by atoms with Crippen LogP contribution in [0.15, 0.2) is 97.1 Å². The molecule has 1 aromatic heterocycles. The van der Waals surface area contributed by atoms with Gasteiger partial charge in [0.05, 0.1) is 22.6 Å². The SMILES string of the molecule is CC(C(CC=Cc1nc2ccccc2s1)c1ccc(Cl)cc1)N(Cc1ccc2ccccc2c1)C(=O)CC(CC(=O)O)C(=O)O. The lowest BCUT2D eigenvalue weighted by Crippen LogP contribution is -2.43. The van der Waals surface area contributed by atoms with E-state index in [-0.39, 0.29) is 18.5 Å². The van der Waals surface area contributed by atoms with E-state index in [9.17, 15) is 24.6 Å². The lowest BCUT2D eigenvalue weighted by Gasteiger charge is -2.36. The van der Waals surface area contributed by atoms with Gasteiger partial charge in [0, 0.05) is 29.9 Å². The van der Waals surface area contributed by atoms with Crippen LogP contribution in [0.4, 0.5) is 0 Å². The van der Waals surface area contributed by atoms with Gasteiger partial charge in [-0.15, -0.1) is 11.3 Å². The molecular weight excluding hydrogens is 608 g/mol. The molecule has 3 unspecified atom stereocenters. The Kier molecular flexibility index (Phi) is 10.3. The highest BCUT2D eigenvalue weighted by molar-refractivity contribution is 7.19. The zero-order valence-electron chi connectivity index (χ0n) is 24.7. The Morgan fingerprint density at radius 3 is 2.33 bits per heavy atom. The number of fused-ring (bicyclic) bond motifs is 2. The number of halogens is 1. The van der Waals surface area contributed by atoms with Gasteiger partial charge in [-0.1, -0.05) is 78.3 Å². The summed E-state index contributed by atoms with van der Waals surface area (Å²) in [5, 5.41) is 22.6. The lowest BCUT2D eigenvalue weighted by atomic mass is 9.87. The minimum absolute atomic E-state index is 0.181. The third-order valence-corrected chi connectivity index (χ3v) is 9.27. The number of amides is 1. The Labute approximate surface area is 270 Å². The summed E-state index contributed by atoms with van der Waals surface area (Å²) in [5.41, 5.74) is 2.79. The number of thiazole rings is 1. The molecule has 1 heterocycles. The lowest BCUT2D eigenvalue weighted by molar-refractivity contribution is -0.151. The van der Waals surface area contributed by atoms with Crippen molar-refractivity contribution in [2.75, 3.05) is 0 Å². The molecule has 9 heteroatoms. The van der Waals surface area contributed by atoms with Crippen LogP contribution in [0.5, 0.6) is 0 Å². The van der Waals surface area contributed by atoms with E-state index in [2.05, 4.69) is 6.08 Å². The van der Waals surface area contributed by atoms with Gasteiger partial charge in [-0.05, 0) is 71.7 Å². The van der Waals surface area contributed by atoms with Gasteiger partial charge in [-0.2, -0.15) is 0 Å². The van der Waals surface area contributed by atoms with Gasteiger partial charge in [-0.25, -0.2) is 4.98 Å². The van der Waals surface area contributed by atoms with Crippen molar-refractivity contribution in [3.05, 3.63) is 118 Å². The molecule has 0 spiro atoms. The van der Waals surface area contributed by atoms with Gasteiger partial charge >= 0.3 is 11.9 Å². The maximum atomic E-state index is 14.0. The number of carboxylic acids is 2. The van der Waals surface area contributed by atoms with E-state index in [1.807, 2.05) is 104 Å². The topological polar surface area (TPSA) is 108 Å². The number of hydrogen-bond donors (Lipinski definition) is 2. The molecule has 0 bridgehead atoms. The van der Waals surface area contributed by atoms with Crippen molar-refractivity contribution in [1.29, 1.82) is 0 Å². The Bertz CT molecular complexity index is 1820. The first-order chi connectivity index (χ1) is 21.7. The predicted octanol–water partition coefficient (Wildman–Crippen LogP) is 8.27. The van der Waals surface area contributed by atoms with Crippen LogP contribution in [0.1, 0.15) is 48.2 Å². The fourth-order valence-corrected chi connectivity index (χ4v) is 6.62. The van der Waals surface area contributed by atoms with Crippen molar-refractivity contribution in [2.24, 2.45) is 5.92 Å². The number of para-hydroxylation sites is 1. The number of nitrogens with zero attached hydrogens (tertiary/aromatic N) is 2. The zero-order chi connectivity index (χ0) is 31.9. The molecular formula is C36H33ClN2O5S. The molecule has 7 nitrogen and oxygen atoms in total. The highest BCUT2D eigenvalue weighted by Gasteiger charge is 2.32. The molecule has 45 heavy (non-hydrogen) atoms. The third kappa shape index (κ3) is 8.15. The zero-order valence-corrected chi connectivity index (χ0v) is 26.2. The maximum Gasteiger partial charge on any atom is 0.307 e. The Morgan fingerprint density at radius 2 is 1.62 bits per heavy atom. The second-order valence-electron chi connectivity index (χ2n) is 11.1. The van der Waals surface area contributed by atoms with Crippen molar-refractivity contribution in [2.45, 2.75) is 44.7 Å². The molecule has 0 aliphatic heterocycles. The summed E-state index contributed by atoms with van der Waals surface area (Å²) in [5.74, 6) is -4.51. The normalized spacial score (nSPS) is 13.6. The summed E-state index contributed by atoms with van der Waals surface area (Å²) in [4.78, 5) is 43.7. The molecule has 2 N–H and O–H groups in total. The molecule has 5 aromatic rings. The second-order valence-corrected chi connectivity index (χ2v) is 12.6.